The number of nitrogens with zero attached hydrogens (tertiary/aromatic N) is 1. The lowest BCUT2D eigenvalue weighted by atomic mass is 10.1. The monoisotopic (exact) mass is 432 g/mol. The number of rotatable bonds is 7. The van der Waals surface area contributed by atoms with Gasteiger partial charge in [-0.3, -0.25) is 9.80 Å². The van der Waals surface area contributed by atoms with Gasteiger partial charge in [0.25, 0.3) is 0 Å². The number of aryl methyl sites for hydroxylation is 1. The maximum Gasteiger partial charge on any atom is 0.346 e. The first kappa shape index (κ1) is 23.9. The van der Waals surface area contributed by atoms with Crippen molar-refractivity contribution < 1.29 is 36.7 Å². The number of ether oxygens (including phenoxy) is 1. The summed E-state index contributed by atoms with van der Waals surface area (Å²) in [6.45, 7) is 6.38. The Morgan fingerprint density at radius 3 is 2.43 bits per heavy atom. The highest BCUT2D eigenvalue weighted by Crippen LogP contribution is 2.12. The fourth-order valence-electron chi connectivity index (χ4n) is 3.76. The summed E-state index contributed by atoms with van der Waals surface area (Å²) in [5.74, 6) is -0.242. The topological polar surface area (TPSA) is 71.3 Å². The summed E-state index contributed by atoms with van der Waals surface area (Å²) >= 11 is 0. The van der Waals surface area contributed by atoms with Gasteiger partial charge in [-0.15, -0.1) is 0 Å². The Balaban J connectivity index is 0.00000320. The fraction of sp³-hybridized carbons (Fsp3) is 0.391. The maximum atomic E-state index is 12.8. The van der Waals surface area contributed by atoms with Gasteiger partial charge in [0.05, 0.1) is 19.5 Å². The van der Waals surface area contributed by atoms with Gasteiger partial charge in [0.15, 0.2) is 0 Å². The predicted molar refractivity (Wildman–Crippen MR) is 110 cm³/mol. The molecule has 0 aromatic heterocycles. The second-order valence-electron chi connectivity index (χ2n) is 7.78. The van der Waals surface area contributed by atoms with E-state index in [1.807, 2.05) is 56.3 Å². The lowest BCUT2D eigenvalue weighted by Crippen LogP contribution is -3.20. The summed E-state index contributed by atoms with van der Waals surface area (Å²) in [5, 5.41) is 9.54. The van der Waals surface area contributed by atoms with Crippen LogP contribution in [0.1, 0.15) is 18.1 Å². The summed E-state index contributed by atoms with van der Waals surface area (Å²) in [6, 6.07) is 17.2. The van der Waals surface area contributed by atoms with Crippen LogP contribution in [-0.4, -0.2) is 60.2 Å². The average Bonchev–Trinajstić information content (AvgIpc) is 2.70. The Hall–Kier alpha value is -2.41. The van der Waals surface area contributed by atoms with Gasteiger partial charge >= 0.3 is 11.9 Å². The van der Waals surface area contributed by atoms with Crippen LogP contribution in [0.4, 0.5) is 0 Å². The highest BCUT2D eigenvalue weighted by Gasteiger charge is 2.34. The molecule has 2 N–H and O–H groups in total. The minimum atomic E-state index is -0.980. The molecule has 3 atom stereocenters. The number of quaternary nitrogens is 1. The van der Waals surface area contributed by atoms with E-state index in [1.54, 1.807) is 12.1 Å². The van der Waals surface area contributed by atoms with Crippen LogP contribution < -0.4 is 22.0 Å². The van der Waals surface area contributed by atoms with Crippen LogP contribution in [0.3, 0.4) is 0 Å². The van der Waals surface area contributed by atoms with E-state index in [2.05, 4.69) is 4.90 Å². The van der Waals surface area contributed by atoms with Crippen LogP contribution in [0, 0.1) is 6.92 Å². The van der Waals surface area contributed by atoms with Crippen LogP contribution in [0.2, 0.25) is 0 Å². The molecule has 3 rings (SSSR count). The Morgan fingerprint density at radius 2 is 1.83 bits per heavy atom. The molecular weight excluding hydrogens is 404 g/mol. The zero-order valence-electron chi connectivity index (χ0n) is 17.4. The van der Waals surface area contributed by atoms with Gasteiger partial charge in [0, 0.05) is 13.1 Å². The van der Waals surface area contributed by atoms with E-state index in [-0.39, 0.29) is 24.4 Å². The van der Waals surface area contributed by atoms with E-state index in [0.29, 0.717) is 38.3 Å². The lowest BCUT2D eigenvalue weighted by molar-refractivity contribution is -0.851. The molecule has 0 aliphatic carbocycles. The number of aliphatic carboxylic acids is 1. The molecule has 0 bridgehead atoms. The molecule has 1 fully saturated rings. The maximum absolute atomic E-state index is 12.8. The number of nitrogens with one attached hydrogen (secondary N) is 1. The van der Waals surface area contributed by atoms with Crippen molar-refractivity contribution in [1.29, 1.82) is 0 Å². The minimum absolute atomic E-state index is 0. The Kier molecular flexibility index (Phi) is 8.84. The van der Waals surface area contributed by atoms with Gasteiger partial charge < -0.3 is 22.3 Å². The van der Waals surface area contributed by atoms with Crippen LogP contribution in [0.5, 0.6) is 5.75 Å². The van der Waals surface area contributed by atoms with Gasteiger partial charge in [0.1, 0.15) is 11.8 Å². The molecule has 1 saturated heterocycles. The molecule has 30 heavy (non-hydrogen) atoms. The van der Waals surface area contributed by atoms with Crippen LogP contribution in [0.15, 0.2) is 54.6 Å². The number of carboxylic acid groups (broad SMARTS) is 1. The lowest BCUT2D eigenvalue weighted by Gasteiger charge is -2.36. The van der Waals surface area contributed by atoms with Gasteiger partial charge in [-0.25, -0.2) is 9.59 Å². The largest absolute Gasteiger partial charge is 1.00 e. The van der Waals surface area contributed by atoms with Crippen LogP contribution in [0.25, 0.3) is 0 Å². The molecule has 1 aliphatic heterocycles. The first-order valence-corrected chi connectivity index (χ1v) is 10.0. The number of para-hydroxylation sites is 1. The number of piperazine rings is 1. The Labute approximate surface area is 183 Å². The quantitative estimate of drug-likeness (QED) is 0.539. The highest BCUT2D eigenvalue weighted by atomic mass is 35.5. The SMILES string of the molecule is Cc1ccc(CC(=O)[NH+]2CCN(CC(Oc3ccccc3)C(=O)O)C[C@@H]2C)cc1.[Cl-]. The van der Waals surface area contributed by atoms with Crippen molar-refractivity contribution in [2.45, 2.75) is 32.4 Å². The van der Waals surface area contributed by atoms with Gasteiger partial charge in [-0.05, 0) is 31.5 Å². The minimum Gasteiger partial charge on any atom is -1.00 e. The molecule has 0 saturated carbocycles. The van der Waals surface area contributed by atoms with Crippen molar-refractivity contribution in [1.82, 2.24) is 4.90 Å². The van der Waals surface area contributed by atoms with Crippen LogP contribution >= 0.6 is 0 Å². The number of hydrogen-bond donors (Lipinski definition) is 2. The molecule has 1 heterocycles. The molecule has 2 aromatic carbocycles. The number of carboxylic acids is 1. The second kappa shape index (κ2) is 11.1. The number of amides is 1. The Bertz CT molecular complexity index is 829. The highest BCUT2D eigenvalue weighted by molar-refractivity contribution is 5.73. The molecule has 0 spiro atoms. The molecular formula is C23H29ClN2O4. The van der Waals surface area contributed by atoms with Gasteiger partial charge in [-0.1, -0.05) is 48.0 Å². The smallest absolute Gasteiger partial charge is 0.346 e. The predicted octanol–water partition coefficient (Wildman–Crippen LogP) is -1.81. The van der Waals surface area contributed by atoms with Crippen molar-refractivity contribution >= 4 is 11.9 Å². The second-order valence-corrected chi connectivity index (χ2v) is 7.78. The molecule has 1 amide bonds. The third-order valence-electron chi connectivity index (χ3n) is 5.39. The number of benzene rings is 2. The Morgan fingerprint density at radius 1 is 1.17 bits per heavy atom. The van der Waals surface area contributed by atoms with Crippen LogP contribution in [-0.2, 0) is 16.0 Å². The van der Waals surface area contributed by atoms with E-state index in [0.717, 1.165) is 10.5 Å². The third-order valence-corrected chi connectivity index (χ3v) is 5.39. The van der Waals surface area contributed by atoms with Gasteiger partial charge in [0.2, 0.25) is 6.10 Å². The van der Waals surface area contributed by atoms with Crippen molar-refractivity contribution in [2.75, 3.05) is 26.2 Å². The molecule has 7 heteroatoms. The van der Waals surface area contributed by atoms with E-state index in [1.165, 1.54) is 5.56 Å². The molecule has 1 aliphatic rings. The van der Waals surface area contributed by atoms with Crippen molar-refractivity contribution in [3.05, 3.63) is 65.7 Å². The molecule has 2 unspecified atom stereocenters. The van der Waals surface area contributed by atoms with E-state index < -0.39 is 12.1 Å². The summed E-state index contributed by atoms with van der Waals surface area (Å²) in [5.41, 5.74) is 2.21. The van der Waals surface area contributed by atoms with Crippen molar-refractivity contribution in [2.24, 2.45) is 0 Å². The number of carbonyl (C=O) groups is 2. The number of carbonyl (C=O) groups excluding carboxylic acids is 1. The van der Waals surface area contributed by atoms with E-state index in [9.17, 15) is 14.7 Å². The first-order valence-electron chi connectivity index (χ1n) is 10.0. The van der Waals surface area contributed by atoms with E-state index >= 15 is 0 Å². The number of hydrogen-bond acceptors (Lipinski definition) is 4. The summed E-state index contributed by atoms with van der Waals surface area (Å²) < 4.78 is 5.66. The summed E-state index contributed by atoms with van der Waals surface area (Å²) in [4.78, 5) is 27.4. The van der Waals surface area contributed by atoms with E-state index in [4.69, 9.17) is 4.74 Å². The molecule has 2 aromatic rings. The zero-order valence-corrected chi connectivity index (χ0v) is 18.1. The standard InChI is InChI=1S/C23H28N2O4.ClH/c1-17-8-10-19(11-9-17)14-22(26)25-13-12-24(15-18(25)2)16-21(23(27)28)29-20-6-4-3-5-7-20;/h3-11,18,21H,12-16H2,1-2H3,(H,27,28);1H/t18-,21?;/m0./s1. The molecule has 6 nitrogen and oxygen atoms in total. The summed E-state index contributed by atoms with van der Waals surface area (Å²) in [6.07, 6.45) is -0.510. The average molecular weight is 433 g/mol. The number of halogens is 1. The fourth-order valence-corrected chi connectivity index (χ4v) is 3.76. The normalized spacial score (nSPS) is 20.1. The molecule has 0 radical (unpaired) electrons. The third kappa shape index (κ3) is 6.55. The van der Waals surface area contributed by atoms with Crippen molar-refractivity contribution in [3.8, 4) is 5.75 Å². The van der Waals surface area contributed by atoms with Crippen molar-refractivity contribution in [3.63, 3.8) is 0 Å². The summed E-state index contributed by atoms with van der Waals surface area (Å²) in [7, 11) is 0. The molecule has 162 valence electrons. The van der Waals surface area contributed by atoms with Gasteiger partial charge in [-0.2, -0.15) is 0 Å². The first-order chi connectivity index (χ1) is 13.9. The zero-order chi connectivity index (χ0) is 20.8.